The van der Waals surface area contributed by atoms with Gasteiger partial charge in [0.25, 0.3) is 5.91 Å². The van der Waals surface area contributed by atoms with Crippen LogP contribution >= 0.6 is 11.6 Å². The zero-order valence-corrected chi connectivity index (χ0v) is 15.3. The fraction of sp³-hybridized carbons (Fsp3) is 0.400. The molecule has 1 aliphatic rings. The lowest BCUT2D eigenvalue weighted by atomic mass is 9.92. The summed E-state index contributed by atoms with van der Waals surface area (Å²) in [6.45, 7) is -3.35. The Morgan fingerprint density at radius 1 is 1.41 bits per heavy atom. The monoisotopic (exact) mass is 399 g/mol. The van der Waals surface area contributed by atoms with Gasteiger partial charge in [-0.3, -0.25) is 9.78 Å². The molecule has 0 aliphatic carbocycles. The summed E-state index contributed by atoms with van der Waals surface area (Å²) in [6.07, 6.45) is -4.85. The van der Waals surface area contributed by atoms with Crippen molar-refractivity contribution in [2.24, 2.45) is 0 Å². The number of benzene rings is 1. The van der Waals surface area contributed by atoms with Crippen LogP contribution in [0.5, 0.6) is 0 Å². The van der Waals surface area contributed by atoms with E-state index >= 15 is 4.39 Å². The number of nitrogens with one attached hydrogen (secondary N) is 1. The second kappa shape index (κ2) is 8.31. The number of alkyl halides is 1. The van der Waals surface area contributed by atoms with Crippen molar-refractivity contribution in [2.75, 3.05) is 19.6 Å². The van der Waals surface area contributed by atoms with Gasteiger partial charge in [-0.15, -0.1) is 0 Å². The number of likely N-dealkylation sites (tertiary alicyclic amines) is 1. The molecule has 1 fully saturated rings. The second-order valence-corrected chi connectivity index (χ2v) is 6.57. The molecule has 1 amide bonds. The molecule has 0 radical (unpaired) electrons. The molecule has 1 aliphatic heterocycles. The van der Waals surface area contributed by atoms with Gasteiger partial charge in [0.1, 0.15) is 11.5 Å². The molecule has 1 atom stereocenters. The normalized spacial score (nSPS) is 28.8. The van der Waals surface area contributed by atoms with Crippen molar-refractivity contribution in [1.29, 1.82) is 0 Å². The molecule has 144 valence electrons. The topological polar surface area (TPSA) is 45.2 Å². The van der Waals surface area contributed by atoms with Crippen LogP contribution < -0.4 is 5.32 Å². The van der Waals surface area contributed by atoms with E-state index in [9.17, 15) is 9.18 Å². The fourth-order valence-electron chi connectivity index (χ4n) is 2.42. The van der Waals surface area contributed by atoms with E-state index in [2.05, 4.69) is 10.3 Å². The number of hydrogen-bond acceptors (Lipinski definition) is 3. The summed E-state index contributed by atoms with van der Waals surface area (Å²) >= 11 is 5.68. The molecule has 1 saturated heterocycles. The molecule has 0 spiro atoms. The minimum absolute atomic E-state index is 0.00215. The SMILES string of the molecule is [2H]C1([2H])CN(C(=O)c2ccc(F)c(Cl)c2)C([2H])([2H])C([2H])([2H])C1(F)CNCc1ccc(C)cn1. The first-order valence-electron chi connectivity index (χ1n) is 11.2. The van der Waals surface area contributed by atoms with Gasteiger partial charge in [0, 0.05) is 58.9 Å². The largest absolute Gasteiger partial charge is 0.338 e. The number of halogens is 3. The van der Waals surface area contributed by atoms with Crippen LogP contribution in [0.25, 0.3) is 0 Å². The number of piperidine rings is 1. The van der Waals surface area contributed by atoms with Gasteiger partial charge in [-0.1, -0.05) is 17.7 Å². The van der Waals surface area contributed by atoms with Gasteiger partial charge in [-0.05, 0) is 36.8 Å². The van der Waals surface area contributed by atoms with Gasteiger partial charge in [0.05, 0.1) is 10.7 Å². The number of carbonyl (C=O) groups excluding carboxylic acids is 1. The van der Waals surface area contributed by atoms with E-state index in [0.29, 0.717) is 5.69 Å². The molecule has 7 heteroatoms. The van der Waals surface area contributed by atoms with E-state index in [1.165, 1.54) is 0 Å². The summed E-state index contributed by atoms with van der Waals surface area (Å²) < 4.78 is 79.0. The second-order valence-electron chi connectivity index (χ2n) is 6.17. The van der Waals surface area contributed by atoms with Crippen LogP contribution in [-0.2, 0) is 6.54 Å². The van der Waals surface area contributed by atoms with E-state index in [1.807, 2.05) is 6.92 Å². The summed E-state index contributed by atoms with van der Waals surface area (Å²) in [5.74, 6) is -1.97. The number of aryl methyl sites for hydroxylation is 1. The number of nitrogens with zero attached hydrogens (tertiary/aromatic N) is 2. The third-order valence-corrected chi connectivity index (χ3v) is 4.26. The fourth-order valence-corrected chi connectivity index (χ4v) is 2.60. The lowest BCUT2D eigenvalue weighted by Crippen LogP contribution is -2.48. The van der Waals surface area contributed by atoms with Gasteiger partial charge < -0.3 is 10.2 Å². The number of carbonyl (C=O) groups is 1. The van der Waals surface area contributed by atoms with Crippen LogP contribution in [0.15, 0.2) is 36.5 Å². The van der Waals surface area contributed by atoms with Crippen molar-refractivity contribution >= 4 is 17.5 Å². The van der Waals surface area contributed by atoms with E-state index in [1.54, 1.807) is 18.3 Å². The van der Waals surface area contributed by atoms with Crippen molar-refractivity contribution in [3.63, 3.8) is 0 Å². The molecule has 1 aromatic heterocycles. The van der Waals surface area contributed by atoms with E-state index in [-0.39, 0.29) is 17.0 Å². The molecule has 4 nitrogen and oxygen atoms in total. The first-order chi connectivity index (χ1) is 15.1. The smallest absolute Gasteiger partial charge is 0.253 e. The third kappa shape index (κ3) is 5.02. The Balaban J connectivity index is 1.89. The summed E-state index contributed by atoms with van der Waals surface area (Å²) in [6, 6.07) is 6.26. The minimum atomic E-state index is -3.46. The predicted molar refractivity (Wildman–Crippen MR) is 101 cm³/mol. The van der Waals surface area contributed by atoms with Crippen LogP contribution in [0.4, 0.5) is 8.78 Å². The zero-order valence-electron chi connectivity index (χ0n) is 20.5. The van der Waals surface area contributed by atoms with E-state index in [4.69, 9.17) is 19.8 Å². The number of hydrogen-bond donors (Lipinski definition) is 1. The molecule has 2 heterocycles. The Kier molecular flexibility index (Phi) is 4.06. The van der Waals surface area contributed by atoms with Crippen molar-refractivity contribution in [1.82, 2.24) is 15.2 Å². The Morgan fingerprint density at radius 3 is 2.93 bits per heavy atom. The number of amides is 1. The summed E-state index contributed by atoms with van der Waals surface area (Å²) in [5.41, 5.74) is -2.22. The number of rotatable bonds is 5. The van der Waals surface area contributed by atoms with Crippen LogP contribution in [0.2, 0.25) is 5.02 Å². The van der Waals surface area contributed by atoms with E-state index < -0.39 is 54.7 Å². The summed E-state index contributed by atoms with van der Waals surface area (Å²) in [5, 5.41) is 2.20. The molecule has 1 N–H and O–H groups in total. The highest BCUT2D eigenvalue weighted by Crippen LogP contribution is 2.27. The number of aromatic nitrogens is 1. The Labute approximate surface area is 171 Å². The Morgan fingerprint density at radius 2 is 2.22 bits per heavy atom. The highest BCUT2D eigenvalue weighted by Gasteiger charge is 2.35. The zero-order chi connectivity index (χ0) is 24.8. The minimum Gasteiger partial charge on any atom is -0.338 e. The van der Waals surface area contributed by atoms with Crippen molar-refractivity contribution in [2.45, 2.75) is 31.9 Å². The predicted octanol–water partition coefficient (Wildman–Crippen LogP) is 3.92. The van der Waals surface area contributed by atoms with Gasteiger partial charge >= 0.3 is 0 Å². The molecule has 0 bridgehead atoms. The molecular formula is C20H22ClF2N3O. The van der Waals surface area contributed by atoms with Crippen LogP contribution in [-0.4, -0.2) is 41.0 Å². The molecule has 1 aromatic carbocycles. The van der Waals surface area contributed by atoms with E-state index in [0.717, 1.165) is 23.8 Å². The van der Waals surface area contributed by atoms with Gasteiger partial charge in [-0.25, -0.2) is 8.78 Å². The maximum atomic E-state index is 16.1. The first kappa shape index (κ1) is 13.2. The van der Waals surface area contributed by atoms with Gasteiger partial charge in [0.2, 0.25) is 0 Å². The standard InChI is InChI=1S/C20H22ClF2N3O/c1-14-2-4-16(25-11-14)12-24-13-20(23)6-8-26(9-7-20)19(27)15-3-5-18(22)17(21)10-15/h2-5,10-11,24H,6-9,12-13H2,1H3/i6D2,7D2,8D2. The Hall–Kier alpha value is -2.05. The lowest BCUT2D eigenvalue weighted by Gasteiger charge is -2.36. The highest BCUT2D eigenvalue weighted by atomic mass is 35.5. The maximum Gasteiger partial charge on any atom is 0.253 e. The lowest BCUT2D eigenvalue weighted by molar-refractivity contribution is 0.0434. The maximum absolute atomic E-state index is 16.1. The van der Waals surface area contributed by atoms with Crippen LogP contribution in [0.1, 0.15) is 42.6 Å². The average molecular weight is 400 g/mol. The molecular weight excluding hydrogens is 372 g/mol. The third-order valence-electron chi connectivity index (χ3n) is 3.97. The van der Waals surface area contributed by atoms with Crippen molar-refractivity contribution in [3.8, 4) is 0 Å². The average Bonchev–Trinajstić information content (AvgIpc) is 2.73. The first-order valence-corrected chi connectivity index (χ1v) is 8.60. The van der Waals surface area contributed by atoms with Gasteiger partial charge in [0.15, 0.2) is 0 Å². The Bertz CT molecular complexity index is 1060. The molecule has 27 heavy (non-hydrogen) atoms. The molecule has 0 saturated carbocycles. The summed E-state index contributed by atoms with van der Waals surface area (Å²) in [7, 11) is 0. The molecule has 1 unspecified atom stereocenters. The molecule has 3 rings (SSSR count). The van der Waals surface area contributed by atoms with Gasteiger partial charge in [-0.2, -0.15) is 0 Å². The van der Waals surface area contributed by atoms with Crippen LogP contribution in [0, 0.1) is 12.7 Å². The molecule has 2 aromatic rings. The van der Waals surface area contributed by atoms with Crippen molar-refractivity contribution < 1.29 is 21.8 Å². The highest BCUT2D eigenvalue weighted by molar-refractivity contribution is 6.31. The summed E-state index contributed by atoms with van der Waals surface area (Å²) in [4.78, 5) is 17.3. The quantitative estimate of drug-likeness (QED) is 0.828. The van der Waals surface area contributed by atoms with Crippen LogP contribution in [0.3, 0.4) is 0 Å². The van der Waals surface area contributed by atoms with Crippen molar-refractivity contribution in [3.05, 3.63) is 64.2 Å². The number of pyridine rings is 1.